The zero-order valence-corrected chi connectivity index (χ0v) is 13.5. The summed E-state index contributed by atoms with van der Waals surface area (Å²) < 4.78 is 0. The molecule has 114 valence electrons. The van der Waals surface area contributed by atoms with Gasteiger partial charge in [-0.3, -0.25) is 4.79 Å². The third kappa shape index (κ3) is 3.28. The largest absolute Gasteiger partial charge is 0.356 e. The van der Waals surface area contributed by atoms with Gasteiger partial charge in [-0.15, -0.1) is 0 Å². The molecule has 1 aliphatic heterocycles. The van der Waals surface area contributed by atoms with Crippen LogP contribution in [0.25, 0.3) is 0 Å². The van der Waals surface area contributed by atoms with E-state index in [4.69, 9.17) is 0 Å². The molecule has 0 spiro atoms. The normalized spacial score (nSPS) is 12.0. The summed E-state index contributed by atoms with van der Waals surface area (Å²) in [4.78, 5) is 14.5. The third-order valence-corrected chi connectivity index (χ3v) is 4.82. The van der Waals surface area contributed by atoms with Crippen molar-refractivity contribution in [2.24, 2.45) is 0 Å². The number of hydrogen-bond acceptors (Lipinski definition) is 3. The van der Waals surface area contributed by atoms with E-state index in [1.807, 2.05) is 24.3 Å². The zero-order chi connectivity index (χ0) is 15.4. The van der Waals surface area contributed by atoms with Crippen molar-refractivity contribution in [3.8, 4) is 0 Å². The van der Waals surface area contributed by atoms with Gasteiger partial charge < -0.3 is 10.6 Å². The van der Waals surface area contributed by atoms with Crippen LogP contribution in [0.3, 0.4) is 0 Å². The van der Waals surface area contributed by atoms with Crippen molar-refractivity contribution in [2.45, 2.75) is 36.0 Å². The highest BCUT2D eigenvalue weighted by Gasteiger charge is 2.18. The van der Waals surface area contributed by atoms with E-state index in [1.54, 1.807) is 11.8 Å². The molecule has 2 aromatic carbocycles. The van der Waals surface area contributed by atoms with Crippen molar-refractivity contribution < 1.29 is 4.79 Å². The van der Waals surface area contributed by atoms with Crippen molar-refractivity contribution in [2.75, 3.05) is 11.9 Å². The number of fused-ring (bicyclic) bond motifs is 2. The number of anilines is 2. The summed E-state index contributed by atoms with van der Waals surface area (Å²) in [7, 11) is 0. The number of hydrogen-bond donors (Lipinski definition) is 2. The molecule has 22 heavy (non-hydrogen) atoms. The zero-order valence-electron chi connectivity index (χ0n) is 12.7. The summed E-state index contributed by atoms with van der Waals surface area (Å²) in [6, 6.07) is 14.4. The lowest BCUT2D eigenvalue weighted by molar-refractivity contribution is -0.120. The summed E-state index contributed by atoms with van der Waals surface area (Å²) in [5.74, 6) is 0.0903. The van der Waals surface area contributed by atoms with Crippen LogP contribution in [-0.2, 0) is 11.2 Å². The van der Waals surface area contributed by atoms with Gasteiger partial charge in [-0.25, -0.2) is 0 Å². The van der Waals surface area contributed by atoms with E-state index in [2.05, 4.69) is 35.8 Å². The van der Waals surface area contributed by atoms with Crippen LogP contribution in [0.2, 0.25) is 0 Å². The summed E-state index contributed by atoms with van der Waals surface area (Å²) in [5.41, 5.74) is 3.23. The monoisotopic (exact) mass is 312 g/mol. The van der Waals surface area contributed by atoms with Crippen molar-refractivity contribution >= 4 is 29.0 Å². The molecular formula is C18H20N2OS. The number of unbranched alkanes of at least 4 members (excludes halogenated alkanes) is 1. The Morgan fingerprint density at radius 1 is 1.14 bits per heavy atom. The summed E-state index contributed by atoms with van der Waals surface area (Å²) in [6.45, 7) is 2.88. The Morgan fingerprint density at radius 2 is 1.95 bits per heavy atom. The maximum absolute atomic E-state index is 12.1. The van der Waals surface area contributed by atoms with Gasteiger partial charge in [0, 0.05) is 16.3 Å². The maximum atomic E-state index is 12.1. The van der Waals surface area contributed by atoms with Crippen LogP contribution in [0.5, 0.6) is 0 Å². The topological polar surface area (TPSA) is 41.1 Å². The fraction of sp³-hybridized carbons (Fsp3) is 0.278. The number of benzene rings is 2. The highest BCUT2D eigenvalue weighted by atomic mass is 32.2. The Hall–Kier alpha value is -1.94. The third-order valence-electron chi connectivity index (χ3n) is 3.68. The highest BCUT2D eigenvalue weighted by Crippen LogP contribution is 2.45. The molecule has 2 N–H and O–H groups in total. The molecule has 0 saturated heterocycles. The van der Waals surface area contributed by atoms with Gasteiger partial charge in [0.05, 0.1) is 17.8 Å². The van der Waals surface area contributed by atoms with Crippen LogP contribution < -0.4 is 10.6 Å². The number of rotatable bonds is 5. The second-order valence-corrected chi connectivity index (χ2v) is 6.48. The van der Waals surface area contributed by atoms with Crippen LogP contribution in [0.1, 0.15) is 25.3 Å². The average Bonchev–Trinajstić information content (AvgIpc) is 2.54. The van der Waals surface area contributed by atoms with E-state index in [0.717, 1.165) is 36.3 Å². The van der Waals surface area contributed by atoms with Crippen LogP contribution >= 0.6 is 11.8 Å². The maximum Gasteiger partial charge on any atom is 0.224 e. The van der Waals surface area contributed by atoms with Crippen LogP contribution in [0.15, 0.2) is 52.3 Å². The first kappa shape index (κ1) is 15.0. The smallest absolute Gasteiger partial charge is 0.224 e. The van der Waals surface area contributed by atoms with Crippen LogP contribution in [0.4, 0.5) is 11.4 Å². The number of carbonyl (C=O) groups excluding carboxylic acids is 1. The molecule has 0 aromatic heterocycles. The minimum Gasteiger partial charge on any atom is -0.356 e. The molecule has 0 aliphatic carbocycles. The average molecular weight is 312 g/mol. The van der Waals surface area contributed by atoms with E-state index in [-0.39, 0.29) is 5.91 Å². The van der Waals surface area contributed by atoms with Gasteiger partial charge in [-0.1, -0.05) is 49.4 Å². The Kier molecular flexibility index (Phi) is 4.68. The highest BCUT2D eigenvalue weighted by molar-refractivity contribution is 7.99. The Morgan fingerprint density at radius 3 is 2.82 bits per heavy atom. The molecule has 0 atom stereocenters. The van der Waals surface area contributed by atoms with Gasteiger partial charge in [0.2, 0.25) is 5.91 Å². The fourth-order valence-electron chi connectivity index (χ4n) is 2.50. The van der Waals surface area contributed by atoms with Gasteiger partial charge in [0.15, 0.2) is 0 Å². The molecule has 0 unspecified atom stereocenters. The van der Waals surface area contributed by atoms with Crippen molar-refractivity contribution in [3.63, 3.8) is 0 Å². The first-order valence-corrected chi connectivity index (χ1v) is 8.52. The first-order valence-electron chi connectivity index (χ1n) is 7.70. The number of amides is 1. The van der Waals surface area contributed by atoms with E-state index < -0.39 is 0 Å². The molecule has 1 heterocycles. The molecule has 0 radical (unpaired) electrons. The standard InChI is InChI=1S/C18H20N2OS/c1-2-3-11-19-17(21)12-13-7-6-10-16-18(13)20-14-8-4-5-9-15(14)22-16/h4-10,20H,2-3,11-12H2,1H3,(H,19,21). The predicted octanol–water partition coefficient (Wildman–Crippen LogP) is 4.35. The Bertz CT molecular complexity index is 685. The molecule has 1 aliphatic rings. The van der Waals surface area contributed by atoms with Gasteiger partial charge in [0.1, 0.15) is 0 Å². The lowest BCUT2D eigenvalue weighted by atomic mass is 10.1. The summed E-state index contributed by atoms with van der Waals surface area (Å²) in [5, 5.41) is 6.47. The SMILES string of the molecule is CCCCNC(=O)Cc1cccc2c1Nc1ccccc1S2. The summed E-state index contributed by atoms with van der Waals surface area (Å²) >= 11 is 1.75. The predicted molar refractivity (Wildman–Crippen MR) is 91.9 cm³/mol. The molecule has 4 heteroatoms. The molecular weight excluding hydrogens is 292 g/mol. The molecule has 2 aromatic rings. The lowest BCUT2D eigenvalue weighted by Gasteiger charge is -2.23. The quantitative estimate of drug-likeness (QED) is 0.688. The van der Waals surface area contributed by atoms with E-state index in [0.29, 0.717) is 6.42 Å². The first-order chi connectivity index (χ1) is 10.8. The number of nitrogens with one attached hydrogen (secondary N) is 2. The number of carbonyl (C=O) groups is 1. The Balaban J connectivity index is 1.77. The van der Waals surface area contributed by atoms with Crippen molar-refractivity contribution in [1.29, 1.82) is 0 Å². The molecule has 0 bridgehead atoms. The molecule has 3 nitrogen and oxygen atoms in total. The van der Waals surface area contributed by atoms with Crippen LogP contribution in [0, 0.1) is 0 Å². The second-order valence-electron chi connectivity index (χ2n) is 5.39. The van der Waals surface area contributed by atoms with Gasteiger partial charge in [0.25, 0.3) is 0 Å². The second kappa shape index (κ2) is 6.88. The minimum absolute atomic E-state index is 0.0903. The molecule has 3 rings (SSSR count). The Labute approximate surface area is 135 Å². The van der Waals surface area contributed by atoms with E-state index >= 15 is 0 Å². The molecule has 0 fully saturated rings. The summed E-state index contributed by atoms with van der Waals surface area (Å²) in [6.07, 6.45) is 2.54. The molecule has 0 saturated carbocycles. The van der Waals surface area contributed by atoms with Crippen LogP contribution in [-0.4, -0.2) is 12.5 Å². The van der Waals surface area contributed by atoms with E-state index in [9.17, 15) is 4.79 Å². The minimum atomic E-state index is 0.0903. The van der Waals surface area contributed by atoms with Gasteiger partial charge in [-0.2, -0.15) is 0 Å². The van der Waals surface area contributed by atoms with Gasteiger partial charge >= 0.3 is 0 Å². The van der Waals surface area contributed by atoms with Crippen molar-refractivity contribution in [1.82, 2.24) is 5.32 Å². The number of para-hydroxylation sites is 2. The lowest BCUT2D eigenvalue weighted by Crippen LogP contribution is -2.26. The van der Waals surface area contributed by atoms with E-state index in [1.165, 1.54) is 9.79 Å². The molecule has 1 amide bonds. The fourth-order valence-corrected chi connectivity index (χ4v) is 3.55. The van der Waals surface area contributed by atoms with Gasteiger partial charge in [-0.05, 0) is 30.2 Å². The van der Waals surface area contributed by atoms with Crippen molar-refractivity contribution in [3.05, 3.63) is 48.0 Å².